The molecule has 0 spiro atoms. The van der Waals surface area contributed by atoms with Crippen LogP contribution in [0, 0.1) is 25.2 Å². The van der Waals surface area contributed by atoms with E-state index in [0.29, 0.717) is 57.8 Å². The molecule has 7 heteroatoms. The fourth-order valence-corrected chi connectivity index (χ4v) is 5.10. The third kappa shape index (κ3) is 6.86. The summed E-state index contributed by atoms with van der Waals surface area (Å²) in [5.74, 6) is 1.28. The van der Waals surface area contributed by atoms with Gasteiger partial charge in [0.1, 0.15) is 5.75 Å². The molecule has 0 unspecified atom stereocenters. The molecule has 2 saturated heterocycles. The minimum Gasteiger partial charge on any atom is -0.493 e. The van der Waals surface area contributed by atoms with Crippen molar-refractivity contribution in [3.05, 3.63) is 28.3 Å². The van der Waals surface area contributed by atoms with Gasteiger partial charge >= 0.3 is 0 Å². The van der Waals surface area contributed by atoms with E-state index in [1.54, 1.807) is 0 Å². The van der Waals surface area contributed by atoms with E-state index in [0.717, 1.165) is 41.3 Å². The average Bonchev–Trinajstić information content (AvgIpc) is 2.76. The molecule has 2 fully saturated rings. The summed E-state index contributed by atoms with van der Waals surface area (Å²) in [5, 5.41) is 10.6. The maximum atomic E-state index is 13.3. The van der Waals surface area contributed by atoms with Crippen molar-refractivity contribution < 1.29 is 19.4 Å². The molecule has 0 aromatic heterocycles. The van der Waals surface area contributed by atoms with Crippen LogP contribution in [0.3, 0.4) is 0 Å². The predicted molar refractivity (Wildman–Crippen MR) is 131 cm³/mol. The lowest BCUT2D eigenvalue weighted by atomic mass is 9.77. The Balaban J connectivity index is 1.77. The van der Waals surface area contributed by atoms with Crippen LogP contribution in [-0.2, 0) is 9.59 Å². The Morgan fingerprint density at radius 1 is 1.12 bits per heavy atom. The molecule has 0 radical (unpaired) electrons. The van der Waals surface area contributed by atoms with Gasteiger partial charge in [0.05, 0.1) is 12.7 Å². The van der Waals surface area contributed by atoms with E-state index in [4.69, 9.17) is 16.3 Å². The van der Waals surface area contributed by atoms with Crippen LogP contribution in [0.5, 0.6) is 5.75 Å². The minimum absolute atomic E-state index is 0.0899. The Morgan fingerprint density at radius 2 is 1.76 bits per heavy atom. The number of ether oxygens (including phenoxy) is 1. The molecule has 184 valence electrons. The Hall–Kier alpha value is -1.79. The fraction of sp³-hybridized carbons (Fsp3) is 0.692. The van der Waals surface area contributed by atoms with Crippen molar-refractivity contribution in [2.45, 2.75) is 72.3 Å². The van der Waals surface area contributed by atoms with E-state index in [1.807, 2.05) is 35.8 Å². The molecule has 2 aliphatic heterocycles. The first-order valence-corrected chi connectivity index (χ1v) is 12.6. The number of halogens is 1. The highest BCUT2D eigenvalue weighted by Gasteiger charge is 2.41. The summed E-state index contributed by atoms with van der Waals surface area (Å²) < 4.78 is 6.27. The maximum Gasteiger partial charge on any atom is 0.223 e. The van der Waals surface area contributed by atoms with Gasteiger partial charge < -0.3 is 19.6 Å². The first kappa shape index (κ1) is 25.8. The number of rotatable bonds is 7. The summed E-state index contributed by atoms with van der Waals surface area (Å²) >= 11 is 6.32. The number of likely N-dealkylation sites (tertiary alicyclic amines) is 2. The zero-order valence-corrected chi connectivity index (χ0v) is 21.3. The van der Waals surface area contributed by atoms with Gasteiger partial charge in [-0.1, -0.05) is 25.4 Å². The Kier molecular flexibility index (Phi) is 8.68. The minimum atomic E-state index is -0.431. The number of aryl methyl sites for hydroxylation is 2. The van der Waals surface area contributed by atoms with Crippen LogP contribution in [0.4, 0.5) is 0 Å². The van der Waals surface area contributed by atoms with Crippen LogP contribution in [-0.4, -0.2) is 65.6 Å². The van der Waals surface area contributed by atoms with E-state index < -0.39 is 5.41 Å². The van der Waals surface area contributed by atoms with Gasteiger partial charge in [-0.05, 0) is 68.7 Å². The zero-order chi connectivity index (χ0) is 24.2. The van der Waals surface area contributed by atoms with Crippen molar-refractivity contribution in [3.63, 3.8) is 0 Å². The summed E-state index contributed by atoms with van der Waals surface area (Å²) in [6.45, 7) is 10.8. The van der Waals surface area contributed by atoms with Crippen LogP contribution >= 0.6 is 11.6 Å². The maximum absolute atomic E-state index is 13.3. The molecule has 2 aliphatic rings. The van der Waals surface area contributed by atoms with Gasteiger partial charge in [-0.2, -0.15) is 0 Å². The molecule has 1 aromatic carbocycles. The van der Waals surface area contributed by atoms with E-state index in [1.165, 1.54) is 0 Å². The highest BCUT2D eigenvalue weighted by molar-refractivity contribution is 6.32. The zero-order valence-electron chi connectivity index (χ0n) is 20.5. The molecular formula is C26H39ClN2O4. The van der Waals surface area contributed by atoms with Crippen molar-refractivity contribution in [1.29, 1.82) is 0 Å². The number of hydrogen-bond acceptors (Lipinski definition) is 4. The van der Waals surface area contributed by atoms with Gasteiger partial charge in [0.2, 0.25) is 11.8 Å². The van der Waals surface area contributed by atoms with Crippen LogP contribution in [0.2, 0.25) is 5.02 Å². The number of carbonyl (C=O) groups excluding carboxylic acids is 2. The van der Waals surface area contributed by atoms with Crippen molar-refractivity contribution in [1.82, 2.24) is 9.80 Å². The summed E-state index contributed by atoms with van der Waals surface area (Å²) in [4.78, 5) is 29.9. The number of aliphatic hydroxyl groups excluding tert-OH is 1. The van der Waals surface area contributed by atoms with Crippen molar-refractivity contribution >= 4 is 23.4 Å². The van der Waals surface area contributed by atoms with Gasteiger partial charge in [0.25, 0.3) is 0 Å². The largest absolute Gasteiger partial charge is 0.493 e. The molecule has 0 aliphatic carbocycles. The first-order valence-electron chi connectivity index (χ1n) is 12.2. The second-order valence-electron chi connectivity index (χ2n) is 10.5. The van der Waals surface area contributed by atoms with E-state index in [9.17, 15) is 14.7 Å². The highest BCUT2D eigenvalue weighted by Crippen LogP contribution is 2.37. The molecule has 0 saturated carbocycles. The first-order chi connectivity index (χ1) is 15.6. The van der Waals surface area contributed by atoms with Crippen molar-refractivity contribution in [3.8, 4) is 5.75 Å². The fourth-order valence-electron chi connectivity index (χ4n) is 4.99. The number of hydrogen-bond donors (Lipinski definition) is 1. The number of piperidine rings is 2. The number of nitrogens with zero attached hydrogens (tertiary/aromatic N) is 2. The lowest BCUT2D eigenvalue weighted by molar-refractivity contribution is -0.143. The van der Waals surface area contributed by atoms with E-state index in [-0.39, 0.29) is 17.9 Å². The molecule has 0 bridgehead atoms. The van der Waals surface area contributed by atoms with Gasteiger partial charge in [-0.3, -0.25) is 9.59 Å². The lowest BCUT2D eigenvalue weighted by Crippen LogP contribution is -2.51. The Labute approximate surface area is 203 Å². The van der Waals surface area contributed by atoms with Crippen LogP contribution in [0.25, 0.3) is 0 Å². The molecule has 3 rings (SSSR count). The van der Waals surface area contributed by atoms with Gasteiger partial charge in [-0.25, -0.2) is 0 Å². The molecule has 2 amide bonds. The third-order valence-corrected chi connectivity index (χ3v) is 7.49. The monoisotopic (exact) mass is 478 g/mol. The van der Waals surface area contributed by atoms with Crippen molar-refractivity contribution in [2.24, 2.45) is 11.3 Å². The Bertz CT molecular complexity index is 828. The topological polar surface area (TPSA) is 70.1 Å². The number of benzene rings is 1. The molecule has 6 nitrogen and oxygen atoms in total. The molecule has 1 atom stereocenters. The Morgan fingerprint density at radius 3 is 2.36 bits per heavy atom. The van der Waals surface area contributed by atoms with Crippen molar-refractivity contribution in [2.75, 3.05) is 32.8 Å². The summed E-state index contributed by atoms with van der Waals surface area (Å²) in [7, 11) is 0. The van der Waals surface area contributed by atoms with E-state index in [2.05, 4.69) is 13.8 Å². The lowest BCUT2D eigenvalue weighted by Gasteiger charge is -2.43. The van der Waals surface area contributed by atoms with Crippen LogP contribution in [0.1, 0.15) is 63.5 Å². The van der Waals surface area contributed by atoms with Gasteiger partial charge in [0, 0.05) is 49.5 Å². The molecule has 2 heterocycles. The summed E-state index contributed by atoms with van der Waals surface area (Å²) in [6, 6.07) is 3.86. The van der Waals surface area contributed by atoms with Gasteiger partial charge in [0.15, 0.2) is 0 Å². The smallest absolute Gasteiger partial charge is 0.223 e. The normalized spacial score (nSPS) is 22.0. The van der Waals surface area contributed by atoms with Crippen LogP contribution in [0.15, 0.2) is 12.1 Å². The molecule has 1 N–H and O–H groups in total. The summed E-state index contributed by atoms with van der Waals surface area (Å²) in [5.41, 5.74) is 1.49. The number of carbonyl (C=O) groups is 2. The second-order valence-corrected chi connectivity index (χ2v) is 10.8. The average molecular weight is 479 g/mol. The summed E-state index contributed by atoms with van der Waals surface area (Å²) in [6.07, 6.45) is 3.49. The molecule has 33 heavy (non-hydrogen) atoms. The number of amides is 2. The van der Waals surface area contributed by atoms with Gasteiger partial charge in [-0.15, -0.1) is 0 Å². The standard InChI is InChI=1S/C26H39ClN2O4/c1-18(2)12-23(31)29-9-5-8-26(16-29,15-24(32)28-10-6-21(30)7-11-28)17-33-22-13-19(3)25(27)20(4)14-22/h13-14,18,21,30H,5-12,15-17H2,1-4H3/t26-/m0/s1. The molecule has 1 aromatic rings. The second kappa shape index (κ2) is 11.1. The highest BCUT2D eigenvalue weighted by atomic mass is 35.5. The molecular weight excluding hydrogens is 440 g/mol. The third-order valence-electron chi connectivity index (χ3n) is 6.90. The number of aliphatic hydroxyl groups is 1. The predicted octanol–water partition coefficient (Wildman–Crippen LogP) is 4.36. The SMILES string of the molecule is Cc1cc(OC[C@]2(CC(=O)N3CCC(O)CC3)CCCN(C(=O)CC(C)C)C2)cc(C)c1Cl. The van der Waals surface area contributed by atoms with Crippen LogP contribution < -0.4 is 4.74 Å². The van der Waals surface area contributed by atoms with E-state index >= 15 is 0 Å². The quantitative estimate of drug-likeness (QED) is 0.632.